The van der Waals surface area contributed by atoms with Gasteiger partial charge in [0.1, 0.15) is 5.82 Å². The summed E-state index contributed by atoms with van der Waals surface area (Å²) in [6.45, 7) is 3.66. The zero-order valence-electron chi connectivity index (χ0n) is 17.5. The number of thiophene rings is 1. The zero-order chi connectivity index (χ0) is 20.6. The van der Waals surface area contributed by atoms with Gasteiger partial charge in [0.15, 0.2) is 23.3 Å². The number of nitrogens with zero attached hydrogens (tertiary/aromatic N) is 4. The SMILES string of the molecule is COc1ccc(CN=C(NCc2cccs2)NCc2nnc(C)n2C)cc1OC.I. The highest BCUT2D eigenvalue weighted by molar-refractivity contribution is 14.0. The number of methoxy groups -OCH3 is 2. The summed E-state index contributed by atoms with van der Waals surface area (Å²) in [5, 5.41) is 17.1. The Hall–Kier alpha value is -2.34. The molecule has 0 aliphatic heterocycles. The summed E-state index contributed by atoms with van der Waals surface area (Å²) >= 11 is 1.71. The number of benzene rings is 1. The van der Waals surface area contributed by atoms with E-state index in [0.717, 1.165) is 17.2 Å². The molecule has 0 fully saturated rings. The molecule has 1 aromatic carbocycles. The first-order valence-electron chi connectivity index (χ1n) is 9.21. The maximum Gasteiger partial charge on any atom is 0.192 e. The van der Waals surface area contributed by atoms with Crippen molar-refractivity contribution in [1.29, 1.82) is 0 Å². The van der Waals surface area contributed by atoms with Gasteiger partial charge in [0.25, 0.3) is 0 Å². The van der Waals surface area contributed by atoms with E-state index in [2.05, 4.69) is 32.3 Å². The molecule has 0 aliphatic carbocycles. The Morgan fingerprint density at radius 3 is 2.50 bits per heavy atom. The van der Waals surface area contributed by atoms with Crippen molar-refractivity contribution >= 4 is 41.3 Å². The first kappa shape index (κ1) is 23.9. The van der Waals surface area contributed by atoms with E-state index in [1.54, 1.807) is 25.6 Å². The van der Waals surface area contributed by atoms with Crippen LogP contribution in [0.5, 0.6) is 11.5 Å². The van der Waals surface area contributed by atoms with Crippen molar-refractivity contribution in [2.24, 2.45) is 12.0 Å². The third-order valence-corrected chi connectivity index (χ3v) is 5.35. The van der Waals surface area contributed by atoms with Gasteiger partial charge in [0.2, 0.25) is 0 Å². The molecule has 0 bridgehead atoms. The Labute approximate surface area is 197 Å². The van der Waals surface area contributed by atoms with E-state index in [4.69, 9.17) is 14.5 Å². The number of rotatable bonds is 8. The van der Waals surface area contributed by atoms with Gasteiger partial charge in [0.05, 0.1) is 33.9 Å². The van der Waals surface area contributed by atoms with E-state index in [1.165, 1.54) is 4.88 Å². The first-order chi connectivity index (χ1) is 14.1. The highest BCUT2D eigenvalue weighted by Crippen LogP contribution is 2.27. The maximum absolute atomic E-state index is 5.38. The molecule has 10 heteroatoms. The Morgan fingerprint density at radius 1 is 1.10 bits per heavy atom. The third-order valence-electron chi connectivity index (χ3n) is 4.47. The van der Waals surface area contributed by atoms with E-state index >= 15 is 0 Å². The fourth-order valence-corrected chi connectivity index (χ4v) is 3.32. The van der Waals surface area contributed by atoms with Gasteiger partial charge in [0, 0.05) is 11.9 Å². The summed E-state index contributed by atoms with van der Waals surface area (Å²) in [6, 6.07) is 9.94. The molecular weight excluding hydrogens is 515 g/mol. The second-order valence-corrected chi connectivity index (χ2v) is 7.40. The normalized spacial score (nSPS) is 11.0. The van der Waals surface area contributed by atoms with Gasteiger partial charge in [-0.1, -0.05) is 12.1 Å². The molecule has 0 aliphatic rings. The molecule has 30 heavy (non-hydrogen) atoms. The van der Waals surface area contributed by atoms with Crippen LogP contribution in [0.25, 0.3) is 0 Å². The van der Waals surface area contributed by atoms with Crippen LogP contribution in [-0.2, 0) is 26.7 Å². The lowest BCUT2D eigenvalue weighted by Crippen LogP contribution is -2.37. The lowest BCUT2D eigenvalue weighted by Gasteiger charge is -2.13. The van der Waals surface area contributed by atoms with Crippen LogP contribution < -0.4 is 20.1 Å². The molecule has 2 aromatic heterocycles. The van der Waals surface area contributed by atoms with Crippen molar-refractivity contribution < 1.29 is 9.47 Å². The van der Waals surface area contributed by atoms with Gasteiger partial charge >= 0.3 is 0 Å². The number of ether oxygens (including phenoxy) is 2. The molecule has 0 unspecified atom stereocenters. The Balaban J connectivity index is 0.00000320. The predicted molar refractivity (Wildman–Crippen MR) is 130 cm³/mol. The minimum atomic E-state index is 0. The second kappa shape index (κ2) is 11.7. The van der Waals surface area contributed by atoms with Gasteiger partial charge in [-0.3, -0.25) is 0 Å². The van der Waals surface area contributed by atoms with Crippen LogP contribution in [0.4, 0.5) is 0 Å². The molecule has 162 valence electrons. The van der Waals surface area contributed by atoms with Gasteiger partial charge in [-0.25, -0.2) is 4.99 Å². The smallest absolute Gasteiger partial charge is 0.192 e. The van der Waals surface area contributed by atoms with Crippen LogP contribution in [-0.4, -0.2) is 34.9 Å². The lowest BCUT2D eigenvalue weighted by molar-refractivity contribution is 0.354. The molecule has 3 rings (SSSR count). The molecule has 0 saturated heterocycles. The van der Waals surface area contributed by atoms with Gasteiger partial charge < -0.3 is 24.7 Å². The minimum Gasteiger partial charge on any atom is -0.493 e. The standard InChI is InChI=1S/C20H26N6O2S.HI/c1-14-24-25-19(26(14)2)13-23-20(22-12-16-6-5-9-29-16)21-11-15-7-8-17(27-3)18(10-15)28-4;/h5-10H,11-13H2,1-4H3,(H2,21,22,23);1H. The van der Waals surface area contributed by atoms with Crippen LogP contribution in [0.15, 0.2) is 40.7 Å². The molecule has 0 spiro atoms. The topological polar surface area (TPSA) is 85.6 Å². The van der Waals surface area contributed by atoms with Crippen molar-refractivity contribution in [2.45, 2.75) is 26.6 Å². The molecule has 0 atom stereocenters. The van der Waals surface area contributed by atoms with E-state index in [1.807, 2.05) is 42.8 Å². The number of hydrogen-bond donors (Lipinski definition) is 2. The van der Waals surface area contributed by atoms with Crippen LogP contribution in [0.2, 0.25) is 0 Å². The molecule has 0 amide bonds. The van der Waals surface area contributed by atoms with Crippen molar-refractivity contribution in [1.82, 2.24) is 25.4 Å². The van der Waals surface area contributed by atoms with Crippen LogP contribution >= 0.6 is 35.3 Å². The van der Waals surface area contributed by atoms with Gasteiger partial charge in [-0.15, -0.1) is 45.5 Å². The maximum atomic E-state index is 5.38. The number of guanidine groups is 1. The molecule has 2 heterocycles. The van der Waals surface area contributed by atoms with E-state index in [-0.39, 0.29) is 24.0 Å². The van der Waals surface area contributed by atoms with Crippen LogP contribution in [0, 0.1) is 6.92 Å². The fourth-order valence-electron chi connectivity index (χ4n) is 2.68. The summed E-state index contributed by atoms with van der Waals surface area (Å²) in [5.74, 6) is 3.81. The average Bonchev–Trinajstić information content (AvgIpc) is 3.38. The van der Waals surface area contributed by atoms with Crippen molar-refractivity contribution in [2.75, 3.05) is 14.2 Å². The Kier molecular flexibility index (Phi) is 9.37. The molecular formula is C20H27IN6O2S. The van der Waals surface area contributed by atoms with Gasteiger partial charge in [-0.05, 0) is 36.1 Å². The van der Waals surface area contributed by atoms with E-state index < -0.39 is 0 Å². The summed E-state index contributed by atoms with van der Waals surface area (Å²) in [5.41, 5.74) is 1.02. The van der Waals surface area contributed by atoms with Crippen molar-refractivity contribution in [3.05, 3.63) is 57.8 Å². The number of aromatic nitrogens is 3. The molecule has 8 nitrogen and oxygen atoms in total. The Morgan fingerprint density at radius 2 is 1.87 bits per heavy atom. The molecule has 0 radical (unpaired) electrons. The first-order valence-corrected chi connectivity index (χ1v) is 10.1. The Bertz CT molecular complexity index is 958. The number of aliphatic imine (C=N–C) groups is 1. The summed E-state index contributed by atoms with van der Waals surface area (Å²) < 4.78 is 12.6. The van der Waals surface area contributed by atoms with Gasteiger partial charge in [-0.2, -0.15) is 0 Å². The summed E-state index contributed by atoms with van der Waals surface area (Å²) in [6.07, 6.45) is 0. The molecule has 2 N–H and O–H groups in total. The number of aryl methyl sites for hydroxylation is 1. The lowest BCUT2D eigenvalue weighted by atomic mass is 10.2. The average molecular weight is 542 g/mol. The summed E-state index contributed by atoms with van der Waals surface area (Å²) in [4.78, 5) is 5.96. The molecule has 3 aromatic rings. The largest absolute Gasteiger partial charge is 0.493 e. The van der Waals surface area contributed by atoms with Crippen molar-refractivity contribution in [3.63, 3.8) is 0 Å². The van der Waals surface area contributed by atoms with Crippen LogP contribution in [0.1, 0.15) is 22.1 Å². The highest BCUT2D eigenvalue weighted by atomic mass is 127. The van der Waals surface area contributed by atoms with E-state index in [9.17, 15) is 0 Å². The monoisotopic (exact) mass is 542 g/mol. The van der Waals surface area contributed by atoms with Crippen molar-refractivity contribution in [3.8, 4) is 11.5 Å². The van der Waals surface area contributed by atoms with E-state index in [0.29, 0.717) is 37.1 Å². The number of hydrogen-bond acceptors (Lipinski definition) is 6. The molecule has 0 saturated carbocycles. The van der Waals surface area contributed by atoms with Crippen LogP contribution in [0.3, 0.4) is 0 Å². The number of nitrogens with one attached hydrogen (secondary N) is 2. The quantitative estimate of drug-likeness (QED) is 0.258. The third kappa shape index (κ3) is 6.33. The predicted octanol–water partition coefficient (Wildman–Crippen LogP) is 3.26. The highest BCUT2D eigenvalue weighted by Gasteiger charge is 2.08. The zero-order valence-corrected chi connectivity index (χ0v) is 20.7. The summed E-state index contributed by atoms with van der Waals surface area (Å²) in [7, 11) is 5.20. The number of halogens is 1. The fraction of sp³-hybridized carbons (Fsp3) is 0.350. The second-order valence-electron chi connectivity index (χ2n) is 6.36. The minimum absolute atomic E-state index is 0.